The number of carbonyl (C=O) groups excluding carboxylic acids is 1. The molecule has 6 heteroatoms. The molecule has 0 radical (unpaired) electrons. The zero-order valence-electron chi connectivity index (χ0n) is 14.8. The molecular formula is C19H21N5O. The van der Waals surface area contributed by atoms with Crippen LogP contribution in [-0.2, 0) is 0 Å². The van der Waals surface area contributed by atoms with Crippen molar-refractivity contribution in [3.05, 3.63) is 60.2 Å². The third kappa shape index (κ3) is 3.91. The normalized spacial score (nSPS) is 11.4. The molecule has 0 spiro atoms. The average molecular weight is 335 g/mol. The van der Waals surface area contributed by atoms with Gasteiger partial charge >= 0.3 is 0 Å². The molecule has 0 saturated heterocycles. The summed E-state index contributed by atoms with van der Waals surface area (Å²) in [5.41, 5.74) is 3.37. The lowest BCUT2D eigenvalue weighted by Gasteiger charge is -2.19. The molecule has 3 aromatic heterocycles. The molecule has 3 heterocycles. The zero-order valence-corrected chi connectivity index (χ0v) is 14.8. The number of hydrogen-bond donors (Lipinski definition) is 1. The van der Waals surface area contributed by atoms with E-state index in [1.54, 1.807) is 29.3 Å². The maximum absolute atomic E-state index is 12.5. The number of nitrogens with one attached hydrogen (secondary N) is 1. The van der Waals surface area contributed by atoms with E-state index in [0.29, 0.717) is 5.69 Å². The van der Waals surface area contributed by atoms with Gasteiger partial charge in [-0.1, -0.05) is 0 Å². The third-order valence-corrected chi connectivity index (χ3v) is 3.50. The van der Waals surface area contributed by atoms with E-state index in [0.717, 1.165) is 22.6 Å². The molecule has 6 nitrogen and oxygen atoms in total. The summed E-state index contributed by atoms with van der Waals surface area (Å²) in [6.07, 6.45) is 5.16. The van der Waals surface area contributed by atoms with E-state index < -0.39 is 0 Å². The second kappa shape index (κ2) is 6.47. The van der Waals surface area contributed by atoms with Crippen LogP contribution in [0.25, 0.3) is 17.1 Å². The fraction of sp³-hybridized carbons (Fsp3) is 0.263. The molecule has 0 aliphatic carbocycles. The van der Waals surface area contributed by atoms with Crippen molar-refractivity contribution in [1.82, 2.24) is 25.1 Å². The van der Waals surface area contributed by atoms with Gasteiger partial charge in [0.1, 0.15) is 0 Å². The Morgan fingerprint density at radius 2 is 1.96 bits per heavy atom. The summed E-state index contributed by atoms with van der Waals surface area (Å²) in [4.78, 5) is 21.1. The van der Waals surface area contributed by atoms with Crippen LogP contribution in [0.5, 0.6) is 0 Å². The molecule has 25 heavy (non-hydrogen) atoms. The molecule has 0 atom stereocenters. The van der Waals surface area contributed by atoms with Gasteiger partial charge in [0.05, 0.1) is 23.3 Å². The van der Waals surface area contributed by atoms with E-state index in [1.807, 2.05) is 52.0 Å². The first-order chi connectivity index (χ1) is 11.8. The Balaban J connectivity index is 2.11. The van der Waals surface area contributed by atoms with Crippen molar-refractivity contribution < 1.29 is 4.79 Å². The molecule has 0 saturated carbocycles. The molecule has 0 unspecified atom stereocenters. The maximum Gasteiger partial charge on any atom is 0.272 e. The second-order valence-electron chi connectivity index (χ2n) is 6.96. The fourth-order valence-corrected chi connectivity index (χ4v) is 2.43. The monoisotopic (exact) mass is 335 g/mol. The lowest BCUT2D eigenvalue weighted by atomic mass is 10.1. The molecule has 0 aromatic carbocycles. The summed E-state index contributed by atoms with van der Waals surface area (Å²) in [6.45, 7) is 7.81. The van der Waals surface area contributed by atoms with Crippen molar-refractivity contribution in [2.24, 2.45) is 0 Å². The molecule has 0 aliphatic heterocycles. The van der Waals surface area contributed by atoms with Crippen LogP contribution < -0.4 is 5.32 Å². The molecule has 128 valence electrons. The smallest absolute Gasteiger partial charge is 0.272 e. The van der Waals surface area contributed by atoms with Crippen LogP contribution in [0.3, 0.4) is 0 Å². The fourth-order valence-electron chi connectivity index (χ4n) is 2.43. The average Bonchev–Trinajstić information content (AvgIpc) is 2.99. The highest BCUT2D eigenvalue weighted by molar-refractivity contribution is 5.94. The summed E-state index contributed by atoms with van der Waals surface area (Å²) >= 11 is 0. The van der Waals surface area contributed by atoms with Gasteiger partial charge < -0.3 is 5.32 Å². The highest BCUT2D eigenvalue weighted by atomic mass is 16.2. The largest absolute Gasteiger partial charge is 0.346 e. The van der Waals surface area contributed by atoms with Gasteiger partial charge in [0.15, 0.2) is 5.69 Å². The first kappa shape index (κ1) is 16.8. The van der Waals surface area contributed by atoms with Gasteiger partial charge in [-0.25, -0.2) is 4.68 Å². The summed E-state index contributed by atoms with van der Waals surface area (Å²) < 4.78 is 1.70. The molecule has 1 N–H and O–H groups in total. The Morgan fingerprint density at radius 1 is 1.16 bits per heavy atom. The van der Waals surface area contributed by atoms with Crippen LogP contribution in [0.2, 0.25) is 0 Å². The quantitative estimate of drug-likeness (QED) is 0.798. The molecule has 3 rings (SSSR count). The highest BCUT2D eigenvalue weighted by Crippen LogP contribution is 2.23. The zero-order chi connectivity index (χ0) is 18.0. The van der Waals surface area contributed by atoms with Crippen LogP contribution in [0, 0.1) is 6.92 Å². The second-order valence-corrected chi connectivity index (χ2v) is 6.96. The first-order valence-corrected chi connectivity index (χ1v) is 8.09. The lowest BCUT2D eigenvalue weighted by Crippen LogP contribution is -2.40. The van der Waals surface area contributed by atoms with Crippen molar-refractivity contribution in [3.63, 3.8) is 0 Å². The Hall–Kier alpha value is -3.02. The topological polar surface area (TPSA) is 72.7 Å². The van der Waals surface area contributed by atoms with Gasteiger partial charge in [-0.15, -0.1) is 0 Å². The van der Waals surface area contributed by atoms with Gasteiger partial charge in [-0.2, -0.15) is 5.10 Å². The summed E-state index contributed by atoms with van der Waals surface area (Å²) in [5, 5.41) is 7.43. The Bertz CT molecular complexity index is 894. The minimum atomic E-state index is -0.336. The van der Waals surface area contributed by atoms with Crippen LogP contribution in [0.4, 0.5) is 0 Å². The Kier molecular flexibility index (Phi) is 4.35. The molecule has 0 fully saturated rings. The van der Waals surface area contributed by atoms with Gasteiger partial charge in [-0.05, 0) is 63.6 Å². The SMILES string of the molecule is Cc1ccnc(-c2cc(C(=O)NC(C)(C)C)nn2-c2cccnc2)c1. The molecular weight excluding hydrogens is 314 g/mol. The van der Waals surface area contributed by atoms with Crippen LogP contribution in [0.15, 0.2) is 48.9 Å². The summed E-state index contributed by atoms with van der Waals surface area (Å²) in [5.74, 6) is -0.218. The minimum absolute atomic E-state index is 0.218. The number of hydrogen-bond acceptors (Lipinski definition) is 4. The number of rotatable bonds is 3. The minimum Gasteiger partial charge on any atom is -0.346 e. The van der Waals surface area contributed by atoms with Crippen molar-refractivity contribution in [1.29, 1.82) is 0 Å². The van der Waals surface area contributed by atoms with Crippen LogP contribution in [-0.4, -0.2) is 31.2 Å². The Morgan fingerprint density at radius 3 is 2.60 bits per heavy atom. The van der Waals surface area contributed by atoms with E-state index in [2.05, 4.69) is 20.4 Å². The third-order valence-electron chi connectivity index (χ3n) is 3.50. The number of amides is 1. The predicted octanol–water partition coefficient (Wildman–Crippen LogP) is 3.17. The van der Waals surface area contributed by atoms with Gasteiger partial charge in [-0.3, -0.25) is 14.8 Å². The van der Waals surface area contributed by atoms with E-state index in [4.69, 9.17) is 0 Å². The van der Waals surface area contributed by atoms with Crippen LogP contribution >= 0.6 is 0 Å². The summed E-state index contributed by atoms with van der Waals surface area (Å²) in [6, 6.07) is 9.39. The van der Waals surface area contributed by atoms with E-state index in [9.17, 15) is 4.79 Å². The highest BCUT2D eigenvalue weighted by Gasteiger charge is 2.21. The number of pyridine rings is 2. The molecule has 3 aromatic rings. The van der Waals surface area contributed by atoms with E-state index in [-0.39, 0.29) is 11.4 Å². The van der Waals surface area contributed by atoms with Crippen molar-refractivity contribution in [2.75, 3.05) is 0 Å². The molecule has 1 amide bonds. The lowest BCUT2D eigenvalue weighted by molar-refractivity contribution is 0.0914. The summed E-state index contributed by atoms with van der Waals surface area (Å²) in [7, 11) is 0. The standard InChI is InChI=1S/C19H21N5O/c1-13-7-9-21-15(10-13)17-11-16(18(25)22-19(2,3)4)23-24(17)14-6-5-8-20-12-14/h5-12H,1-4H3,(H,22,25). The number of aryl methyl sites for hydroxylation is 1. The van der Waals surface area contributed by atoms with Gasteiger partial charge in [0.2, 0.25) is 0 Å². The van der Waals surface area contributed by atoms with Crippen LogP contribution in [0.1, 0.15) is 36.8 Å². The van der Waals surface area contributed by atoms with Crippen molar-refractivity contribution in [2.45, 2.75) is 33.2 Å². The van der Waals surface area contributed by atoms with Crippen molar-refractivity contribution >= 4 is 5.91 Å². The van der Waals surface area contributed by atoms with E-state index >= 15 is 0 Å². The molecule has 0 bridgehead atoms. The Labute approximate surface area is 146 Å². The van der Waals surface area contributed by atoms with Gasteiger partial charge in [0.25, 0.3) is 5.91 Å². The van der Waals surface area contributed by atoms with E-state index in [1.165, 1.54) is 0 Å². The number of carbonyl (C=O) groups is 1. The predicted molar refractivity (Wildman–Crippen MR) is 96.5 cm³/mol. The first-order valence-electron chi connectivity index (χ1n) is 8.09. The number of nitrogens with zero attached hydrogens (tertiary/aromatic N) is 4. The van der Waals surface area contributed by atoms with Gasteiger partial charge in [0, 0.05) is 17.9 Å². The van der Waals surface area contributed by atoms with Crippen molar-refractivity contribution in [3.8, 4) is 17.1 Å². The molecule has 0 aliphatic rings. The maximum atomic E-state index is 12.5. The number of aromatic nitrogens is 4.